The van der Waals surface area contributed by atoms with Crippen LogP contribution >= 0.6 is 0 Å². The topological polar surface area (TPSA) is 75.6 Å². The summed E-state index contributed by atoms with van der Waals surface area (Å²) < 4.78 is 5.13. The lowest BCUT2D eigenvalue weighted by atomic mass is 9.95. The number of rotatable bonds is 7. The minimum Gasteiger partial charge on any atom is -0.481 e. The third-order valence-electron chi connectivity index (χ3n) is 3.64. The summed E-state index contributed by atoms with van der Waals surface area (Å²) in [5, 5.41) is 11.9. The summed E-state index contributed by atoms with van der Waals surface area (Å²) in [7, 11) is 0. The van der Waals surface area contributed by atoms with Crippen LogP contribution in [0.1, 0.15) is 33.1 Å². The number of nitrogens with one attached hydrogen (secondary N) is 1. The van der Waals surface area contributed by atoms with Crippen LogP contribution in [0.25, 0.3) is 0 Å². The highest BCUT2D eigenvalue weighted by Gasteiger charge is 2.41. The molecule has 0 aromatic heterocycles. The van der Waals surface area contributed by atoms with Crippen molar-refractivity contribution >= 4 is 11.9 Å². The van der Waals surface area contributed by atoms with E-state index < -0.39 is 11.9 Å². The molecule has 5 heteroatoms. The van der Waals surface area contributed by atoms with Gasteiger partial charge in [0.05, 0.1) is 18.4 Å². The number of aliphatic carboxylic acids is 1. The van der Waals surface area contributed by atoms with Gasteiger partial charge in [-0.2, -0.15) is 0 Å². The van der Waals surface area contributed by atoms with Crippen molar-refractivity contribution in [1.29, 1.82) is 0 Å². The first kappa shape index (κ1) is 15.0. The van der Waals surface area contributed by atoms with Gasteiger partial charge in [0, 0.05) is 13.2 Å². The maximum Gasteiger partial charge on any atom is 0.307 e. The van der Waals surface area contributed by atoms with Gasteiger partial charge in [0.1, 0.15) is 0 Å². The van der Waals surface area contributed by atoms with Crippen LogP contribution in [0.2, 0.25) is 0 Å². The lowest BCUT2D eigenvalue weighted by Crippen LogP contribution is -2.36. The number of amides is 1. The van der Waals surface area contributed by atoms with Gasteiger partial charge in [0.25, 0.3) is 0 Å². The van der Waals surface area contributed by atoms with E-state index in [-0.39, 0.29) is 11.8 Å². The molecule has 0 aromatic rings. The highest BCUT2D eigenvalue weighted by Crippen LogP contribution is 2.38. The second-order valence-corrected chi connectivity index (χ2v) is 4.78. The molecule has 0 saturated heterocycles. The molecule has 0 bridgehead atoms. The van der Waals surface area contributed by atoms with E-state index in [1.165, 1.54) is 0 Å². The Morgan fingerprint density at radius 2 is 1.94 bits per heavy atom. The van der Waals surface area contributed by atoms with Crippen LogP contribution in [0.5, 0.6) is 0 Å². The highest BCUT2D eigenvalue weighted by molar-refractivity contribution is 5.85. The zero-order valence-corrected chi connectivity index (χ0v) is 11.1. The van der Waals surface area contributed by atoms with E-state index in [1.807, 2.05) is 13.8 Å². The third-order valence-corrected chi connectivity index (χ3v) is 3.64. The molecule has 0 heterocycles. The van der Waals surface area contributed by atoms with E-state index in [4.69, 9.17) is 9.84 Å². The molecule has 0 aromatic carbocycles. The van der Waals surface area contributed by atoms with Crippen LogP contribution in [-0.4, -0.2) is 36.7 Å². The van der Waals surface area contributed by atoms with Crippen molar-refractivity contribution in [1.82, 2.24) is 5.32 Å². The molecule has 1 saturated carbocycles. The molecule has 18 heavy (non-hydrogen) atoms. The first-order valence-electron chi connectivity index (χ1n) is 6.68. The Balaban J connectivity index is 2.46. The average Bonchev–Trinajstić information content (AvgIpc) is 2.78. The van der Waals surface area contributed by atoms with Gasteiger partial charge in [-0.1, -0.05) is 13.3 Å². The zero-order valence-electron chi connectivity index (χ0n) is 11.1. The van der Waals surface area contributed by atoms with Crippen LogP contribution in [-0.2, 0) is 14.3 Å². The molecule has 0 aliphatic heterocycles. The van der Waals surface area contributed by atoms with E-state index in [9.17, 15) is 9.59 Å². The minimum atomic E-state index is -0.851. The maximum absolute atomic E-state index is 12.0. The molecule has 1 fully saturated rings. The Morgan fingerprint density at radius 3 is 2.50 bits per heavy atom. The fraction of sp³-hybridized carbons (Fsp3) is 0.846. The standard InChI is InChI=1S/C13H23NO4/c1-3-9-7-10(11(8-9)13(16)17)12(15)14-5-6-18-4-2/h9-11H,3-8H2,1-2H3,(H,14,15)(H,16,17). The molecule has 1 amide bonds. The molecule has 5 nitrogen and oxygen atoms in total. The highest BCUT2D eigenvalue weighted by atomic mass is 16.5. The number of carbonyl (C=O) groups is 2. The first-order valence-corrected chi connectivity index (χ1v) is 6.68. The van der Waals surface area contributed by atoms with Gasteiger partial charge >= 0.3 is 5.97 Å². The Morgan fingerprint density at radius 1 is 1.28 bits per heavy atom. The Kier molecular flexibility index (Phi) is 6.12. The maximum atomic E-state index is 12.0. The van der Waals surface area contributed by atoms with Crippen LogP contribution < -0.4 is 5.32 Å². The summed E-state index contributed by atoms with van der Waals surface area (Å²) >= 11 is 0. The van der Waals surface area contributed by atoms with Crippen molar-refractivity contribution in [3.05, 3.63) is 0 Å². The van der Waals surface area contributed by atoms with Crippen LogP contribution in [0.15, 0.2) is 0 Å². The molecule has 104 valence electrons. The van der Waals surface area contributed by atoms with Crippen LogP contribution in [0.3, 0.4) is 0 Å². The van der Waals surface area contributed by atoms with Crippen molar-refractivity contribution in [2.75, 3.05) is 19.8 Å². The molecule has 1 rings (SSSR count). The lowest BCUT2D eigenvalue weighted by molar-refractivity contribution is -0.146. The number of hydrogen-bond acceptors (Lipinski definition) is 3. The molecule has 1 aliphatic rings. The van der Waals surface area contributed by atoms with Crippen molar-refractivity contribution in [2.45, 2.75) is 33.1 Å². The van der Waals surface area contributed by atoms with Gasteiger partial charge < -0.3 is 15.2 Å². The van der Waals surface area contributed by atoms with Crippen molar-refractivity contribution in [3.63, 3.8) is 0 Å². The molecular weight excluding hydrogens is 234 g/mol. The van der Waals surface area contributed by atoms with Gasteiger partial charge in [0.15, 0.2) is 0 Å². The summed E-state index contributed by atoms with van der Waals surface area (Å²) in [5.74, 6) is -1.54. The summed E-state index contributed by atoms with van der Waals surface area (Å²) in [5.41, 5.74) is 0. The molecule has 0 radical (unpaired) electrons. The fourth-order valence-electron chi connectivity index (χ4n) is 2.56. The lowest BCUT2D eigenvalue weighted by Gasteiger charge is -2.15. The largest absolute Gasteiger partial charge is 0.481 e. The molecule has 3 atom stereocenters. The van der Waals surface area contributed by atoms with Gasteiger partial charge in [-0.05, 0) is 25.7 Å². The molecule has 1 aliphatic carbocycles. The Bertz CT molecular complexity index is 293. The van der Waals surface area contributed by atoms with E-state index in [2.05, 4.69) is 5.32 Å². The molecule has 3 unspecified atom stereocenters. The normalized spacial score (nSPS) is 27.1. The predicted octanol–water partition coefficient (Wildman–Crippen LogP) is 1.28. The van der Waals surface area contributed by atoms with Gasteiger partial charge in [-0.25, -0.2) is 0 Å². The molecule has 2 N–H and O–H groups in total. The SMILES string of the molecule is CCOCCNC(=O)C1CC(CC)CC1C(=O)O. The molecule has 0 spiro atoms. The smallest absolute Gasteiger partial charge is 0.307 e. The predicted molar refractivity (Wildman–Crippen MR) is 67.1 cm³/mol. The number of carbonyl (C=O) groups excluding carboxylic acids is 1. The summed E-state index contributed by atoms with van der Waals surface area (Å²) in [6.07, 6.45) is 2.25. The number of ether oxygens (including phenoxy) is 1. The van der Waals surface area contributed by atoms with E-state index in [0.717, 1.165) is 6.42 Å². The van der Waals surface area contributed by atoms with Crippen LogP contribution in [0.4, 0.5) is 0 Å². The van der Waals surface area contributed by atoms with E-state index >= 15 is 0 Å². The first-order chi connectivity index (χ1) is 8.60. The van der Waals surface area contributed by atoms with Gasteiger partial charge in [0.2, 0.25) is 5.91 Å². The number of hydrogen-bond donors (Lipinski definition) is 2. The van der Waals surface area contributed by atoms with Crippen molar-refractivity contribution in [2.24, 2.45) is 17.8 Å². The zero-order chi connectivity index (χ0) is 13.5. The fourth-order valence-corrected chi connectivity index (χ4v) is 2.56. The minimum absolute atomic E-state index is 0.141. The summed E-state index contributed by atoms with van der Waals surface area (Å²) in [4.78, 5) is 23.1. The van der Waals surface area contributed by atoms with Gasteiger partial charge in [-0.15, -0.1) is 0 Å². The molecular formula is C13H23NO4. The van der Waals surface area contributed by atoms with E-state index in [0.29, 0.717) is 38.5 Å². The summed E-state index contributed by atoms with van der Waals surface area (Å²) in [6.45, 7) is 5.48. The summed E-state index contributed by atoms with van der Waals surface area (Å²) in [6, 6.07) is 0. The second-order valence-electron chi connectivity index (χ2n) is 4.78. The van der Waals surface area contributed by atoms with E-state index in [1.54, 1.807) is 0 Å². The Hall–Kier alpha value is -1.10. The quantitative estimate of drug-likeness (QED) is 0.674. The van der Waals surface area contributed by atoms with Gasteiger partial charge in [-0.3, -0.25) is 9.59 Å². The van der Waals surface area contributed by atoms with Crippen molar-refractivity contribution < 1.29 is 19.4 Å². The monoisotopic (exact) mass is 257 g/mol. The average molecular weight is 257 g/mol. The Labute approximate surface area is 108 Å². The van der Waals surface area contributed by atoms with Crippen molar-refractivity contribution in [3.8, 4) is 0 Å². The number of carboxylic acids is 1. The third kappa shape index (κ3) is 3.98. The van der Waals surface area contributed by atoms with Crippen LogP contribution in [0, 0.1) is 17.8 Å². The number of carboxylic acid groups (broad SMARTS) is 1. The second kappa shape index (κ2) is 7.36.